The molecule has 0 radical (unpaired) electrons. The molecule has 0 spiro atoms. The van der Waals surface area contributed by atoms with Gasteiger partial charge in [-0.1, -0.05) is 58.9 Å². The summed E-state index contributed by atoms with van der Waals surface area (Å²) in [6.45, 7) is 0. The van der Waals surface area contributed by atoms with Crippen molar-refractivity contribution in [2.24, 2.45) is 11.5 Å². The number of hydrogen-bond donors (Lipinski definition) is 4. The number of thioether (sulfide) groups is 2. The van der Waals surface area contributed by atoms with Crippen LogP contribution in [0.15, 0.2) is 36.4 Å². The first-order valence-corrected chi connectivity index (χ1v) is 11.9. The lowest BCUT2D eigenvalue weighted by molar-refractivity contribution is 1.37. The summed E-state index contributed by atoms with van der Waals surface area (Å²) in [7, 11) is 0. The predicted molar refractivity (Wildman–Crippen MR) is 135 cm³/mol. The third-order valence-corrected chi connectivity index (χ3v) is 6.59. The molecule has 140 valence electrons. The van der Waals surface area contributed by atoms with Crippen LogP contribution in [0.2, 0.25) is 10.0 Å². The van der Waals surface area contributed by atoms with Crippen LogP contribution in [0.3, 0.4) is 0 Å². The number of nitrogens with one attached hydrogen (secondary N) is 2. The Morgan fingerprint density at radius 1 is 0.885 bits per heavy atom. The molecule has 6 N–H and O–H groups in total. The molecule has 0 heterocycles. The first-order chi connectivity index (χ1) is 12.2. The minimum Gasteiger partial charge on any atom is -0.379 e. The normalized spacial score (nSPS) is 10.0. The van der Waals surface area contributed by atoms with Crippen LogP contribution in [0.1, 0.15) is 11.1 Å². The smallest absolute Gasteiger partial charge is 0.151 e. The fourth-order valence-electron chi connectivity index (χ4n) is 1.59. The lowest BCUT2D eigenvalue weighted by Gasteiger charge is -2.03. The van der Waals surface area contributed by atoms with Crippen molar-refractivity contribution in [1.82, 2.24) is 0 Å². The van der Waals surface area contributed by atoms with E-state index in [-0.39, 0.29) is 10.3 Å². The number of nitrogens with two attached hydrogens (primary N) is 2. The number of amidine groups is 2. The molecule has 0 aliphatic carbocycles. The molecule has 0 bridgehead atoms. The second-order valence-corrected chi connectivity index (χ2v) is 10.1. The van der Waals surface area contributed by atoms with Gasteiger partial charge in [-0.3, -0.25) is 10.8 Å². The van der Waals surface area contributed by atoms with Crippen LogP contribution in [-0.4, -0.2) is 10.3 Å². The first kappa shape index (κ1) is 24.2. The van der Waals surface area contributed by atoms with Gasteiger partial charge in [0.05, 0.1) is 0 Å². The Morgan fingerprint density at radius 3 is 1.92 bits per heavy atom. The van der Waals surface area contributed by atoms with E-state index >= 15 is 0 Å². The summed E-state index contributed by atoms with van der Waals surface area (Å²) >= 11 is 18.8. The third kappa shape index (κ3) is 9.88. The summed E-state index contributed by atoms with van der Waals surface area (Å²) in [5.41, 5.74) is 12.6. The van der Waals surface area contributed by atoms with E-state index in [0.29, 0.717) is 15.8 Å². The van der Waals surface area contributed by atoms with Crippen molar-refractivity contribution in [3.63, 3.8) is 0 Å². The minimum atomic E-state index is 0.0889. The molecule has 10 heteroatoms. The second kappa shape index (κ2) is 12.6. The van der Waals surface area contributed by atoms with Crippen LogP contribution < -0.4 is 11.5 Å². The van der Waals surface area contributed by atoms with Gasteiger partial charge in [-0.2, -0.15) is 0 Å². The molecule has 0 atom stereocenters. The summed E-state index contributed by atoms with van der Waals surface area (Å²) in [6.07, 6.45) is 0. The monoisotopic (exact) mass is 652 g/mol. The van der Waals surface area contributed by atoms with Crippen molar-refractivity contribution in [1.29, 1.82) is 10.8 Å². The van der Waals surface area contributed by atoms with Crippen LogP contribution >= 0.6 is 91.9 Å². The van der Waals surface area contributed by atoms with Gasteiger partial charge in [0.15, 0.2) is 10.3 Å². The van der Waals surface area contributed by atoms with Crippen LogP contribution in [0, 0.1) is 18.0 Å². The molecular formula is C16H16Cl2I2N4S2. The highest BCUT2D eigenvalue weighted by Gasteiger charge is 2.02. The Bertz CT molecular complexity index is 725. The van der Waals surface area contributed by atoms with Gasteiger partial charge in [-0.05, 0) is 80.6 Å². The second-order valence-electron chi connectivity index (χ2n) is 4.78. The number of rotatable bonds is 4. The van der Waals surface area contributed by atoms with E-state index in [4.69, 9.17) is 45.5 Å². The summed E-state index contributed by atoms with van der Waals surface area (Å²) < 4.78 is 2.47. The van der Waals surface area contributed by atoms with Gasteiger partial charge in [0.25, 0.3) is 0 Å². The van der Waals surface area contributed by atoms with Gasteiger partial charge in [0, 0.05) is 28.7 Å². The predicted octanol–water partition coefficient (Wildman–Crippen LogP) is 6.14. The fraction of sp³-hybridized carbons (Fsp3) is 0.125. The minimum absolute atomic E-state index is 0.0889. The maximum atomic E-state index is 7.09. The largest absolute Gasteiger partial charge is 0.379 e. The molecule has 2 rings (SSSR count). The van der Waals surface area contributed by atoms with Crippen molar-refractivity contribution < 1.29 is 0 Å². The number of benzene rings is 2. The Morgan fingerprint density at radius 2 is 1.42 bits per heavy atom. The lowest BCUT2D eigenvalue weighted by Crippen LogP contribution is -2.04. The SMILES string of the molecule is N=C(N)SCc1ccc(Cl)cc1Cl.N=C(N)SCc1ccc(I)cc1I. The molecule has 0 saturated carbocycles. The number of hydrogen-bond acceptors (Lipinski definition) is 4. The molecule has 0 aliphatic heterocycles. The van der Waals surface area contributed by atoms with E-state index in [0.717, 1.165) is 11.3 Å². The van der Waals surface area contributed by atoms with E-state index in [2.05, 4.69) is 63.4 Å². The average molecular weight is 653 g/mol. The standard InChI is InChI=1S/C8H8Cl2N2S.C8H8I2N2S/c2*9-6-2-1-5(7(10)3-6)4-13-8(11)12/h2*1-3H,4H2,(H3,11,12). The van der Waals surface area contributed by atoms with E-state index in [1.54, 1.807) is 12.1 Å². The van der Waals surface area contributed by atoms with Gasteiger partial charge in [-0.15, -0.1) is 0 Å². The highest BCUT2D eigenvalue weighted by molar-refractivity contribution is 14.1. The van der Waals surface area contributed by atoms with Crippen molar-refractivity contribution in [2.45, 2.75) is 11.5 Å². The Hall–Kier alpha value is 0.120. The van der Waals surface area contributed by atoms with Crippen LogP contribution in [0.5, 0.6) is 0 Å². The number of halogens is 4. The zero-order valence-corrected chi connectivity index (χ0v) is 20.8. The molecule has 0 amide bonds. The molecule has 2 aromatic rings. The molecule has 2 aromatic carbocycles. The zero-order chi connectivity index (χ0) is 19.7. The van der Waals surface area contributed by atoms with Crippen LogP contribution in [-0.2, 0) is 11.5 Å². The maximum Gasteiger partial charge on any atom is 0.151 e. The maximum absolute atomic E-state index is 7.09. The van der Waals surface area contributed by atoms with Crippen molar-refractivity contribution in [3.05, 3.63) is 64.7 Å². The summed E-state index contributed by atoms with van der Waals surface area (Å²) in [4.78, 5) is 0. The van der Waals surface area contributed by atoms with E-state index in [1.807, 2.05) is 6.07 Å². The van der Waals surface area contributed by atoms with Gasteiger partial charge in [0.2, 0.25) is 0 Å². The van der Waals surface area contributed by atoms with Crippen molar-refractivity contribution in [2.75, 3.05) is 0 Å². The van der Waals surface area contributed by atoms with E-state index < -0.39 is 0 Å². The lowest BCUT2D eigenvalue weighted by atomic mass is 10.2. The van der Waals surface area contributed by atoms with E-state index in [9.17, 15) is 0 Å². The molecule has 4 nitrogen and oxygen atoms in total. The Labute approximate surface area is 198 Å². The molecular weight excluding hydrogens is 637 g/mol. The average Bonchev–Trinajstić information content (AvgIpc) is 2.53. The molecule has 26 heavy (non-hydrogen) atoms. The molecule has 0 saturated heterocycles. The van der Waals surface area contributed by atoms with Crippen molar-refractivity contribution >= 4 is 102 Å². The summed E-state index contributed by atoms with van der Waals surface area (Å²) in [6, 6.07) is 11.6. The fourth-order valence-corrected chi connectivity index (χ4v) is 5.32. The Kier molecular flexibility index (Phi) is 11.7. The summed E-state index contributed by atoms with van der Waals surface area (Å²) in [5.74, 6) is 1.38. The molecule has 0 fully saturated rings. The van der Waals surface area contributed by atoms with Gasteiger partial charge < -0.3 is 11.5 Å². The molecule has 0 unspecified atom stereocenters. The van der Waals surface area contributed by atoms with Gasteiger partial charge in [-0.25, -0.2) is 0 Å². The Balaban J connectivity index is 0.000000260. The first-order valence-electron chi connectivity index (χ1n) is 7.00. The molecule has 0 aliphatic rings. The third-order valence-electron chi connectivity index (χ3n) is 2.80. The van der Waals surface area contributed by atoms with Gasteiger partial charge in [0.1, 0.15) is 0 Å². The molecule has 0 aromatic heterocycles. The van der Waals surface area contributed by atoms with E-state index in [1.165, 1.54) is 36.2 Å². The van der Waals surface area contributed by atoms with Crippen molar-refractivity contribution in [3.8, 4) is 0 Å². The topological polar surface area (TPSA) is 99.7 Å². The summed E-state index contributed by atoms with van der Waals surface area (Å²) in [5, 5.41) is 15.6. The highest BCUT2D eigenvalue weighted by atomic mass is 127. The quantitative estimate of drug-likeness (QED) is 0.181. The highest BCUT2D eigenvalue weighted by Crippen LogP contribution is 2.24. The zero-order valence-electron chi connectivity index (χ0n) is 13.4. The van der Waals surface area contributed by atoms with Crippen LogP contribution in [0.4, 0.5) is 0 Å². The van der Waals surface area contributed by atoms with Gasteiger partial charge >= 0.3 is 0 Å². The van der Waals surface area contributed by atoms with Crippen LogP contribution in [0.25, 0.3) is 0 Å².